The first kappa shape index (κ1) is 32.0. The van der Waals surface area contributed by atoms with Gasteiger partial charge in [0.05, 0.1) is 0 Å². The van der Waals surface area contributed by atoms with Gasteiger partial charge in [-0.2, -0.15) is 0 Å². The van der Waals surface area contributed by atoms with E-state index in [-0.39, 0.29) is 17.7 Å². The van der Waals surface area contributed by atoms with Gasteiger partial charge in [0.1, 0.15) is 17.7 Å². The molecule has 206 valence electrons. The monoisotopic (exact) mass is 513 g/mol. The summed E-state index contributed by atoms with van der Waals surface area (Å²) in [5.74, 6) is 1.74. The van der Waals surface area contributed by atoms with Crippen LogP contribution < -0.4 is 10.6 Å². The first-order valence-electron chi connectivity index (χ1n) is 13.4. The standard InChI is InChI=1S/C30H47N3O4/c1-11-14-15-20-31-26(34)25(23-18-16-22(12-2)17-19-23)33(30(9,10)13-3)27(35)24(21(4)5)32-28(36)37-29(6,7)8/h2,16-19,21,24-25H,11,13-15,20H2,1,3-10H3,(H,31,34)(H,32,36). The quantitative estimate of drug-likeness (QED) is 0.282. The molecule has 0 saturated heterocycles. The minimum Gasteiger partial charge on any atom is -0.444 e. The highest BCUT2D eigenvalue weighted by molar-refractivity contribution is 5.92. The van der Waals surface area contributed by atoms with E-state index in [4.69, 9.17) is 11.2 Å². The van der Waals surface area contributed by atoms with Crippen LogP contribution in [-0.4, -0.2) is 46.5 Å². The van der Waals surface area contributed by atoms with E-state index in [1.807, 2.05) is 34.6 Å². The molecule has 0 heterocycles. The Morgan fingerprint density at radius 1 is 1.03 bits per heavy atom. The molecule has 3 amide bonds. The van der Waals surface area contributed by atoms with Gasteiger partial charge in [-0.15, -0.1) is 6.42 Å². The molecule has 1 rings (SSSR count). The fourth-order valence-corrected chi connectivity index (χ4v) is 3.91. The summed E-state index contributed by atoms with van der Waals surface area (Å²) in [7, 11) is 0. The zero-order valence-electron chi connectivity index (χ0n) is 24.2. The largest absolute Gasteiger partial charge is 0.444 e. The van der Waals surface area contributed by atoms with Crippen molar-refractivity contribution < 1.29 is 19.1 Å². The van der Waals surface area contributed by atoms with Crippen molar-refractivity contribution in [2.75, 3.05) is 6.54 Å². The molecule has 2 unspecified atom stereocenters. The van der Waals surface area contributed by atoms with Crippen molar-refractivity contribution in [2.45, 2.75) is 111 Å². The second-order valence-electron chi connectivity index (χ2n) is 11.4. The van der Waals surface area contributed by atoms with Gasteiger partial charge in [0, 0.05) is 17.6 Å². The van der Waals surface area contributed by atoms with Crippen molar-refractivity contribution in [1.29, 1.82) is 0 Å². The Labute approximate surface area is 224 Å². The number of benzene rings is 1. The topological polar surface area (TPSA) is 87.7 Å². The number of nitrogens with one attached hydrogen (secondary N) is 2. The van der Waals surface area contributed by atoms with Gasteiger partial charge in [-0.3, -0.25) is 9.59 Å². The number of hydrogen-bond donors (Lipinski definition) is 2. The van der Waals surface area contributed by atoms with Crippen molar-refractivity contribution in [2.24, 2.45) is 5.92 Å². The zero-order valence-corrected chi connectivity index (χ0v) is 24.2. The molecule has 7 heteroatoms. The van der Waals surface area contributed by atoms with Gasteiger partial charge >= 0.3 is 6.09 Å². The van der Waals surface area contributed by atoms with E-state index in [1.54, 1.807) is 49.9 Å². The number of carbonyl (C=O) groups is 3. The van der Waals surface area contributed by atoms with E-state index in [2.05, 4.69) is 23.5 Å². The van der Waals surface area contributed by atoms with Crippen LogP contribution in [0.1, 0.15) is 105 Å². The summed E-state index contributed by atoms with van der Waals surface area (Å²) in [6.07, 6.45) is 8.35. The Balaban J connectivity index is 3.57. The lowest BCUT2D eigenvalue weighted by Gasteiger charge is -2.45. The van der Waals surface area contributed by atoms with Crippen LogP contribution in [0.5, 0.6) is 0 Å². The molecular weight excluding hydrogens is 466 g/mol. The van der Waals surface area contributed by atoms with Crippen LogP contribution in [0.2, 0.25) is 0 Å². The molecule has 1 aromatic carbocycles. The lowest BCUT2D eigenvalue weighted by atomic mass is 9.90. The van der Waals surface area contributed by atoms with Gasteiger partial charge in [0.2, 0.25) is 11.8 Å². The first-order valence-corrected chi connectivity index (χ1v) is 13.4. The van der Waals surface area contributed by atoms with Crippen LogP contribution in [0.3, 0.4) is 0 Å². The summed E-state index contributed by atoms with van der Waals surface area (Å²) in [6, 6.07) is 5.34. The smallest absolute Gasteiger partial charge is 0.408 e. The molecule has 0 aliphatic rings. The Morgan fingerprint density at radius 3 is 2.08 bits per heavy atom. The summed E-state index contributed by atoms with van der Waals surface area (Å²) >= 11 is 0. The average molecular weight is 514 g/mol. The molecule has 0 saturated carbocycles. The lowest BCUT2D eigenvalue weighted by Crippen LogP contribution is -2.60. The summed E-state index contributed by atoms with van der Waals surface area (Å²) < 4.78 is 5.44. The molecule has 0 bridgehead atoms. The molecule has 2 N–H and O–H groups in total. The minimum atomic E-state index is -0.905. The van der Waals surface area contributed by atoms with E-state index in [9.17, 15) is 14.4 Å². The third-order valence-corrected chi connectivity index (χ3v) is 6.34. The van der Waals surface area contributed by atoms with Gasteiger partial charge in [0.15, 0.2) is 0 Å². The average Bonchev–Trinajstić information content (AvgIpc) is 2.81. The highest BCUT2D eigenvalue weighted by atomic mass is 16.6. The predicted octanol–water partition coefficient (Wildman–Crippen LogP) is 5.58. The molecule has 7 nitrogen and oxygen atoms in total. The Morgan fingerprint density at radius 2 is 1.62 bits per heavy atom. The third-order valence-electron chi connectivity index (χ3n) is 6.34. The summed E-state index contributed by atoms with van der Waals surface area (Å²) in [6.45, 7) is 17.5. The highest BCUT2D eigenvalue weighted by Gasteiger charge is 2.43. The second-order valence-corrected chi connectivity index (χ2v) is 11.4. The molecule has 0 radical (unpaired) electrons. The molecule has 0 aliphatic carbocycles. The Kier molecular flexibility index (Phi) is 12.2. The molecule has 0 spiro atoms. The summed E-state index contributed by atoms with van der Waals surface area (Å²) in [4.78, 5) is 42.3. The number of alkyl carbamates (subject to hydrolysis) is 1. The Bertz CT molecular complexity index is 939. The van der Waals surface area contributed by atoms with Crippen LogP contribution in [-0.2, 0) is 14.3 Å². The molecule has 0 aromatic heterocycles. The SMILES string of the molecule is C#Cc1ccc(C(C(=O)NCCCCC)N(C(=O)C(NC(=O)OC(C)(C)C)C(C)C)C(C)(C)CC)cc1. The number of amides is 3. The fraction of sp³-hybridized carbons (Fsp3) is 0.633. The molecule has 1 aromatic rings. The maximum Gasteiger partial charge on any atom is 0.408 e. The van der Waals surface area contributed by atoms with Crippen LogP contribution >= 0.6 is 0 Å². The normalized spacial score (nSPS) is 13.3. The van der Waals surface area contributed by atoms with E-state index < -0.39 is 29.3 Å². The zero-order chi connectivity index (χ0) is 28.4. The van der Waals surface area contributed by atoms with Crippen LogP contribution in [0.15, 0.2) is 24.3 Å². The molecule has 0 aliphatic heterocycles. The molecule has 0 fully saturated rings. The number of carbonyl (C=O) groups excluding carboxylic acids is 3. The summed E-state index contributed by atoms with van der Waals surface area (Å²) in [5, 5.41) is 5.79. The second kappa shape index (κ2) is 14.1. The van der Waals surface area contributed by atoms with Gasteiger partial charge < -0.3 is 20.3 Å². The maximum atomic E-state index is 14.3. The van der Waals surface area contributed by atoms with Gasteiger partial charge in [-0.05, 0) is 71.1 Å². The number of rotatable bonds is 12. The lowest BCUT2D eigenvalue weighted by molar-refractivity contribution is -0.150. The van der Waals surface area contributed by atoms with Gasteiger partial charge in [-0.25, -0.2) is 4.79 Å². The molecule has 37 heavy (non-hydrogen) atoms. The predicted molar refractivity (Wildman–Crippen MR) is 149 cm³/mol. The fourth-order valence-electron chi connectivity index (χ4n) is 3.91. The highest BCUT2D eigenvalue weighted by Crippen LogP contribution is 2.33. The van der Waals surface area contributed by atoms with Crippen molar-refractivity contribution in [3.8, 4) is 12.3 Å². The third kappa shape index (κ3) is 9.76. The molecular formula is C30H47N3O4. The number of terminal acetylenes is 1. The van der Waals surface area contributed by atoms with Crippen molar-refractivity contribution in [3.63, 3.8) is 0 Å². The van der Waals surface area contributed by atoms with Crippen LogP contribution in [0, 0.1) is 18.3 Å². The van der Waals surface area contributed by atoms with E-state index in [0.717, 1.165) is 19.3 Å². The van der Waals surface area contributed by atoms with Crippen LogP contribution in [0.25, 0.3) is 0 Å². The van der Waals surface area contributed by atoms with E-state index in [0.29, 0.717) is 24.1 Å². The van der Waals surface area contributed by atoms with E-state index in [1.165, 1.54) is 0 Å². The Hall–Kier alpha value is -3.01. The number of hydrogen-bond acceptors (Lipinski definition) is 4. The summed E-state index contributed by atoms with van der Waals surface area (Å²) in [5.41, 5.74) is -0.0703. The van der Waals surface area contributed by atoms with Crippen molar-refractivity contribution in [3.05, 3.63) is 35.4 Å². The number of ether oxygens (including phenoxy) is 1. The number of unbranched alkanes of at least 4 members (excludes halogenated alkanes) is 2. The maximum absolute atomic E-state index is 14.3. The van der Waals surface area contributed by atoms with Crippen LogP contribution in [0.4, 0.5) is 4.79 Å². The van der Waals surface area contributed by atoms with Crippen molar-refractivity contribution >= 4 is 17.9 Å². The molecule has 2 atom stereocenters. The van der Waals surface area contributed by atoms with E-state index >= 15 is 0 Å². The van der Waals surface area contributed by atoms with Gasteiger partial charge in [-0.1, -0.05) is 58.6 Å². The first-order chi connectivity index (χ1) is 17.2. The minimum absolute atomic E-state index is 0.243. The van der Waals surface area contributed by atoms with Crippen molar-refractivity contribution in [1.82, 2.24) is 15.5 Å². The van der Waals surface area contributed by atoms with Gasteiger partial charge in [0.25, 0.3) is 0 Å². The number of nitrogens with zero attached hydrogens (tertiary/aromatic N) is 1.